The molecule has 0 fully saturated rings. The number of nitrogens with zero attached hydrogens (tertiary/aromatic N) is 1. The van der Waals surface area contributed by atoms with Gasteiger partial charge < -0.3 is 10.5 Å². The highest BCUT2D eigenvalue weighted by molar-refractivity contribution is 5.41. The van der Waals surface area contributed by atoms with Crippen LogP contribution in [0.4, 0.5) is 15.8 Å². The molecule has 2 N–H and O–H groups in total. The van der Waals surface area contributed by atoms with Gasteiger partial charge >= 0.3 is 5.69 Å². The average molecular weight is 262 g/mol. The lowest BCUT2D eigenvalue weighted by Crippen LogP contribution is -1.98. The van der Waals surface area contributed by atoms with Crippen molar-refractivity contribution in [2.24, 2.45) is 0 Å². The van der Waals surface area contributed by atoms with Crippen molar-refractivity contribution in [2.75, 3.05) is 5.73 Å². The normalized spacial score (nSPS) is 10.2. The topological polar surface area (TPSA) is 78.4 Å². The summed E-state index contributed by atoms with van der Waals surface area (Å²) < 4.78 is 18.8. The summed E-state index contributed by atoms with van der Waals surface area (Å²) in [5.41, 5.74) is 6.12. The fourth-order valence-electron chi connectivity index (χ4n) is 1.52. The monoisotopic (exact) mass is 262 g/mol. The third kappa shape index (κ3) is 3.19. The highest BCUT2D eigenvalue weighted by atomic mass is 19.1. The number of hydrogen-bond acceptors (Lipinski definition) is 4. The molecule has 6 heteroatoms. The summed E-state index contributed by atoms with van der Waals surface area (Å²) in [6.07, 6.45) is 0. The van der Waals surface area contributed by atoms with Gasteiger partial charge in [-0.25, -0.2) is 0 Å². The van der Waals surface area contributed by atoms with E-state index in [1.807, 2.05) is 0 Å². The molecular formula is C13H11FN2O3. The van der Waals surface area contributed by atoms with Crippen LogP contribution in [-0.2, 0) is 6.61 Å². The maximum absolute atomic E-state index is 13.4. The predicted molar refractivity (Wildman–Crippen MR) is 68.2 cm³/mol. The van der Waals surface area contributed by atoms with Gasteiger partial charge in [-0.15, -0.1) is 0 Å². The molecule has 2 rings (SSSR count). The molecule has 0 saturated heterocycles. The van der Waals surface area contributed by atoms with Gasteiger partial charge in [-0.3, -0.25) is 10.1 Å². The summed E-state index contributed by atoms with van der Waals surface area (Å²) in [6, 6.07) is 10.4. The minimum atomic E-state index is -0.872. The van der Waals surface area contributed by atoms with E-state index in [0.717, 1.165) is 12.1 Å². The number of anilines is 1. The Bertz CT molecular complexity index is 599. The SMILES string of the molecule is Nc1ccc(OCc2ccc([N+](=O)[O-])c(F)c2)cc1. The van der Waals surface area contributed by atoms with E-state index in [9.17, 15) is 14.5 Å². The molecule has 0 aromatic heterocycles. The number of rotatable bonds is 4. The molecule has 2 aromatic rings. The molecule has 0 aliphatic rings. The Hall–Kier alpha value is -2.63. The van der Waals surface area contributed by atoms with Gasteiger partial charge in [0.1, 0.15) is 12.4 Å². The van der Waals surface area contributed by atoms with Gasteiger partial charge in [-0.05, 0) is 42.0 Å². The Morgan fingerprint density at radius 3 is 2.47 bits per heavy atom. The van der Waals surface area contributed by atoms with E-state index >= 15 is 0 Å². The second-order valence-corrected chi connectivity index (χ2v) is 3.90. The molecule has 0 unspecified atom stereocenters. The van der Waals surface area contributed by atoms with Crippen molar-refractivity contribution >= 4 is 11.4 Å². The predicted octanol–water partition coefficient (Wildman–Crippen LogP) is 2.90. The van der Waals surface area contributed by atoms with Crippen LogP contribution in [0, 0.1) is 15.9 Å². The van der Waals surface area contributed by atoms with Gasteiger partial charge in [0.05, 0.1) is 4.92 Å². The summed E-state index contributed by atoms with van der Waals surface area (Å²) in [5.74, 6) is -0.281. The van der Waals surface area contributed by atoms with Crippen molar-refractivity contribution in [3.05, 3.63) is 64.0 Å². The molecule has 5 nitrogen and oxygen atoms in total. The summed E-state index contributed by atoms with van der Waals surface area (Å²) in [7, 11) is 0. The van der Waals surface area contributed by atoms with E-state index in [2.05, 4.69) is 0 Å². The number of nitro benzene ring substituents is 1. The Labute approximate surface area is 108 Å². The van der Waals surface area contributed by atoms with Crippen LogP contribution in [0.1, 0.15) is 5.56 Å². The first-order chi connectivity index (χ1) is 9.06. The molecule has 0 amide bonds. The summed E-state index contributed by atoms with van der Waals surface area (Å²) in [5, 5.41) is 10.5. The smallest absolute Gasteiger partial charge is 0.304 e. The highest BCUT2D eigenvalue weighted by Gasteiger charge is 2.13. The number of nitrogen functional groups attached to an aromatic ring is 1. The van der Waals surface area contributed by atoms with E-state index in [1.54, 1.807) is 24.3 Å². The van der Waals surface area contributed by atoms with Crippen molar-refractivity contribution in [1.29, 1.82) is 0 Å². The molecule has 0 heterocycles. The zero-order valence-corrected chi connectivity index (χ0v) is 9.88. The second kappa shape index (κ2) is 5.34. The van der Waals surface area contributed by atoms with Gasteiger partial charge in [0.25, 0.3) is 0 Å². The number of benzene rings is 2. The lowest BCUT2D eigenvalue weighted by atomic mass is 10.2. The van der Waals surface area contributed by atoms with E-state index in [0.29, 0.717) is 17.0 Å². The largest absolute Gasteiger partial charge is 0.489 e. The van der Waals surface area contributed by atoms with E-state index in [4.69, 9.17) is 10.5 Å². The molecular weight excluding hydrogens is 251 g/mol. The first kappa shape index (κ1) is 12.8. The molecule has 2 aromatic carbocycles. The third-order valence-electron chi connectivity index (χ3n) is 2.49. The van der Waals surface area contributed by atoms with Crippen LogP contribution in [0.5, 0.6) is 5.75 Å². The molecule has 19 heavy (non-hydrogen) atoms. The van der Waals surface area contributed by atoms with Crippen LogP contribution in [0.25, 0.3) is 0 Å². The highest BCUT2D eigenvalue weighted by Crippen LogP contribution is 2.20. The Balaban J connectivity index is 2.06. The van der Waals surface area contributed by atoms with Crippen molar-refractivity contribution in [1.82, 2.24) is 0 Å². The van der Waals surface area contributed by atoms with Gasteiger partial charge in [0.2, 0.25) is 5.82 Å². The molecule has 0 bridgehead atoms. The van der Waals surface area contributed by atoms with Gasteiger partial charge in [0, 0.05) is 11.8 Å². The lowest BCUT2D eigenvalue weighted by Gasteiger charge is -2.06. The van der Waals surface area contributed by atoms with Crippen molar-refractivity contribution in [2.45, 2.75) is 6.61 Å². The maximum Gasteiger partial charge on any atom is 0.304 e. The van der Waals surface area contributed by atoms with E-state index < -0.39 is 16.4 Å². The van der Waals surface area contributed by atoms with Crippen molar-refractivity contribution in [3.8, 4) is 5.75 Å². The quantitative estimate of drug-likeness (QED) is 0.522. The zero-order chi connectivity index (χ0) is 13.8. The fraction of sp³-hybridized carbons (Fsp3) is 0.0769. The molecule has 0 radical (unpaired) electrons. The summed E-state index contributed by atoms with van der Waals surface area (Å²) in [4.78, 5) is 9.70. The van der Waals surface area contributed by atoms with Crippen molar-refractivity contribution in [3.63, 3.8) is 0 Å². The molecule has 0 aliphatic carbocycles. The Morgan fingerprint density at radius 2 is 1.89 bits per heavy atom. The van der Waals surface area contributed by atoms with E-state index in [1.165, 1.54) is 6.07 Å². The second-order valence-electron chi connectivity index (χ2n) is 3.90. The number of nitrogens with two attached hydrogens (primary N) is 1. The van der Waals surface area contributed by atoms with Gasteiger partial charge in [0.15, 0.2) is 0 Å². The summed E-state index contributed by atoms with van der Waals surface area (Å²) in [6.45, 7) is 0.124. The number of halogens is 1. The van der Waals surface area contributed by atoms with Crippen LogP contribution in [-0.4, -0.2) is 4.92 Å². The minimum Gasteiger partial charge on any atom is -0.489 e. The molecule has 0 aliphatic heterocycles. The number of nitro groups is 1. The van der Waals surface area contributed by atoms with Gasteiger partial charge in [-0.2, -0.15) is 4.39 Å². The lowest BCUT2D eigenvalue weighted by molar-refractivity contribution is -0.387. The first-order valence-electron chi connectivity index (χ1n) is 5.47. The molecule has 0 saturated carbocycles. The van der Waals surface area contributed by atoms with Crippen molar-refractivity contribution < 1.29 is 14.1 Å². The molecule has 0 atom stereocenters. The fourth-order valence-corrected chi connectivity index (χ4v) is 1.52. The third-order valence-corrected chi connectivity index (χ3v) is 2.49. The number of ether oxygens (including phenoxy) is 1. The summed E-state index contributed by atoms with van der Waals surface area (Å²) >= 11 is 0. The molecule has 98 valence electrons. The standard InChI is InChI=1S/C13H11FN2O3/c14-12-7-9(1-6-13(12)16(17)18)8-19-11-4-2-10(15)3-5-11/h1-7H,8,15H2. The first-order valence-corrected chi connectivity index (χ1v) is 5.47. The minimum absolute atomic E-state index is 0.124. The maximum atomic E-state index is 13.4. The van der Waals surface area contributed by atoms with Crippen LogP contribution in [0.3, 0.4) is 0 Å². The van der Waals surface area contributed by atoms with E-state index in [-0.39, 0.29) is 6.61 Å². The Morgan fingerprint density at radius 1 is 1.21 bits per heavy atom. The van der Waals surface area contributed by atoms with Crippen LogP contribution < -0.4 is 10.5 Å². The molecule has 0 spiro atoms. The average Bonchev–Trinajstić information content (AvgIpc) is 2.37. The van der Waals surface area contributed by atoms with Gasteiger partial charge in [-0.1, -0.05) is 0 Å². The van der Waals surface area contributed by atoms with Crippen LogP contribution in [0.2, 0.25) is 0 Å². The van der Waals surface area contributed by atoms with Crippen LogP contribution in [0.15, 0.2) is 42.5 Å². The number of hydrogen-bond donors (Lipinski definition) is 1. The Kier molecular flexibility index (Phi) is 3.61. The van der Waals surface area contributed by atoms with Crippen LogP contribution >= 0.6 is 0 Å². The zero-order valence-electron chi connectivity index (χ0n) is 9.88.